The highest BCUT2D eigenvalue weighted by Crippen LogP contribution is 2.27. The van der Waals surface area contributed by atoms with Crippen molar-refractivity contribution in [2.75, 3.05) is 28.2 Å². The third-order valence-corrected chi connectivity index (χ3v) is 6.83. The molecule has 208 valence electrons. The number of nitrogens with one attached hydrogen (secondary N) is 4. The van der Waals surface area contributed by atoms with Gasteiger partial charge in [-0.25, -0.2) is 22.9 Å². The molecule has 2 aromatic carbocycles. The third-order valence-electron chi connectivity index (χ3n) is 6.25. The number of hydrogen-bond acceptors (Lipinski definition) is 7. The standard InChI is InChI=1S/C28H31N7O4S/c1-18(2)25-16-27(35(33-25)22-7-4-20-17-29-12-10-19(20)14-22)32-28(36)31-21-5-8-23(9-6-21)39-24-11-13-30-26(15-24)34-40(3,37)38/h4-9,11,13-16,18,29H,10,12,17H2,1-3H3,(H,30,34)(H2,31,32,36). The lowest BCUT2D eigenvalue weighted by molar-refractivity contribution is 0.262. The van der Waals surface area contributed by atoms with Gasteiger partial charge in [-0.1, -0.05) is 19.9 Å². The number of carbonyl (C=O) groups excluding carboxylic acids is 1. The molecule has 0 saturated carbocycles. The minimum absolute atomic E-state index is 0.155. The second-order valence-corrected chi connectivity index (χ2v) is 11.6. The van der Waals surface area contributed by atoms with Crippen LogP contribution in [0.2, 0.25) is 0 Å². The van der Waals surface area contributed by atoms with Crippen molar-refractivity contribution in [3.8, 4) is 17.2 Å². The smallest absolute Gasteiger partial charge is 0.324 e. The molecule has 2 aromatic heterocycles. The molecule has 0 bridgehead atoms. The maximum Gasteiger partial charge on any atom is 0.324 e. The number of rotatable bonds is 8. The van der Waals surface area contributed by atoms with E-state index in [1.807, 2.05) is 12.1 Å². The van der Waals surface area contributed by atoms with Crippen LogP contribution in [0.5, 0.6) is 11.5 Å². The predicted octanol–water partition coefficient (Wildman–Crippen LogP) is 4.84. The van der Waals surface area contributed by atoms with E-state index in [-0.39, 0.29) is 11.7 Å². The molecule has 40 heavy (non-hydrogen) atoms. The first-order valence-electron chi connectivity index (χ1n) is 12.9. The van der Waals surface area contributed by atoms with Crippen LogP contribution in [-0.4, -0.2) is 42.0 Å². The van der Waals surface area contributed by atoms with Gasteiger partial charge < -0.3 is 15.4 Å². The van der Waals surface area contributed by atoms with Crippen molar-refractivity contribution >= 4 is 33.4 Å². The molecule has 0 unspecified atom stereocenters. The molecule has 4 N–H and O–H groups in total. The predicted molar refractivity (Wildman–Crippen MR) is 155 cm³/mol. The molecule has 5 rings (SSSR count). The molecule has 1 aliphatic rings. The molecule has 3 heterocycles. The van der Waals surface area contributed by atoms with Crippen LogP contribution in [0.1, 0.15) is 36.6 Å². The Morgan fingerprint density at radius 1 is 1.00 bits per heavy atom. The highest BCUT2D eigenvalue weighted by atomic mass is 32.2. The van der Waals surface area contributed by atoms with E-state index in [9.17, 15) is 13.2 Å². The highest BCUT2D eigenvalue weighted by molar-refractivity contribution is 7.92. The highest BCUT2D eigenvalue weighted by Gasteiger charge is 2.17. The lowest BCUT2D eigenvalue weighted by Crippen LogP contribution is -2.24. The fraction of sp³-hybridized carbons (Fsp3) is 0.250. The number of pyridine rings is 1. The number of urea groups is 1. The molecule has 1 aliphatic heterocycles. The summed E-state index contributed by atoms with van der Waals surface area (Å²) in [5, 5.41) is 13.9. The number of sulfonamides is 1. The molecular formula is C28H31N7O4S. The van der Waals surface area contributed by atoms with E-state index in [0.717, 1.165) is 37.1 Å². The molecule has 4 aromatic rings. The molecule has 0 radical (unpaired) electrons. The van der Waals surface area contributed by atoms with Crippen LogP contribution in [0.15, 0.2) is 66.9 Å². The molecule has 11 nitrogen and oxygen atoms in total. The van der Waals surface area contributed by atoms with E-state index in [0.29, 0.717) is 23.0 Å². The topological polar surface area (TPSA) is 139 Å². The molecule has 0 fully saturated rings. The lowest BCUT2D eigenvalue weighted by Gasteiger charge is -2.18. The summed E-state index contributed by atoms with van der Waals surface area (Å²) >= 11 is 0. The lowest BCUT2D eigenvalue weighted by atomic mass is 10.0. The van der Waals surface area contributed by atoms with E-state index in [4.69, 9.17) is 9.84 Å². The summed E-state index contributed by atoms with van der Waals surface area (Å²) in [6.07, 6.45) is 3.44. The summed E-state index contributed by atoms with van der Waals surface area (Å²) in [4.78, 5) is 16.9. The number of benzene rings is 2. The van der Waals surface area contributed by atoms with Crippen LogP contribution < -0.4 is 25.4 Å². The minimum atomic E-state index is -3.45. The van der Waals surface area contributed by atoms with E-state index in [1.54, 1.807) is 35.0 Å². The largest absolute Gasteiger partial charge is 0.457 e. The van der Waals surface area contributed by atoms with Crippen molar-refractivity contribution < 1.29 is 17.9 Å². The number of amides is 2. The van der Waals surface area contributed by atoms with Crippen molar-refractivity contribution in [1.82, 2.24) is 20.1 Å². The zero-order valence-electron chi connectivity index (χ0n) is 22.4. The van der Waals surface area contributed by atoms with Crippen LogP contribution in [0, 0.1) is 0 Å². The quantitative estimate of drug-likeness (QED) is 0.241. The number of ether oxygens (including phenoxy) is 1. The minimum Gasteiger partial charge on any atom is -0.457 e. The zero-order valence-corrected chi connectivity index (χ0v) is 23.2. The summed E-state index contributed by atoms with van der Waals surface area (Å²) in [6, 6.07) is 17.7. The summed E-state index contributed by atoms with van der Waals surface area (Å²) in [5.41, 5.74) is 4.90. The third kappa shape index (κ3) is 6.77. The van der Waals surface area contributed by atoms with Gasteiger partial charge in [-0.2, -0.15) is 5.10 Å². The van der Waals surface area contributed by atoms with Gasteiger partial charge in [0.2, 0.25) is 10.0 Å². The SMILES string of the molecule is CC(C)c1cc(NC(=O)Nc2ccc(Oc3ccnc(NS(C)(=O)=O)c3)cc2)n(-c2ccc3c(c2)CCNC3)n1. The molecule has 0 atom stereocenters. The van der Waals surface area contributed by atoms with Crippen LogP contribution in [0.3, 0.4) is 0 Å². The Kier molecular flexibility index (Phi) is 7.71. The fourth-order valence-corrected chi connectivity index (χ4v) is 4.80. The first kappa shape index (κ1) is 27.2. The Labute approximate surface area is 233 Å². The van der Waals surface area contributed by atoms with Gasteiger partial charge in [-0.15, -0.1) is 0 Å². The maximum absolute atomic E-state index is 12.9. The van der Waals surface area contributed by atoms with Gasteiger partial charge in [0.1, 0.15) is 23.1 Å². The normalized spacial score (nSPS) is 13.0. The molecule has 12 heteroatoms. The van der Waals surface area contributed by atoms with Gasteiger partial charge in [0.05, 0.1) is 17.6 Å². The van der Waals surface area contributed by atoms with Crippen molar-refractivity contribution in [2.24, 2.45) is 0 Å². The fourth-order valence-electron chi connectivity index (χ4n) is 4.30. The van der Waals surface area contributed by atoms with Gasteiger partial charge >= 0.3 is 6.03 Å². The van der Waals surface area contributed by atoms with Crippen LogP contribution in [0.25, 0.3) is 5.69 Å². The number of hydrogen-bond donors (Lipinski definition) is 4. The number of carbonyl (C=O) groups is 1. The van der Waals surface area contributed by atoms with Gasteiger partial charge in [-0.05, 0) is 72.5 Å². The van der Waals surface area contributed by atoms with Crippen LogP contribution in [-0.2, 0) is 23.0 Å². The average molecular weight is 562 g/mol. The van der Waals surface area contributed by atoms with Crippen molar-refractivity contribution in [2.45, 2.75) is 32.7 Å². The van der Waals surface area contributed by atoms with E-state index >= 15 is 0 Å². The molecule has 0 aliphatic carbocycles. The Balaban J connectivity index is 1.27. The Morgan fingerprint density at radius 3 is 2.55 bits per heavy atom. The second-order valence-electron chi connectivity index (χ2n) is 9.86. The average Bonchev–Trinajstić information content (AvgIpc) is 3.33. The Morgan fingerprint density at radius 2 is 1.80 bits per heavy atom. The summed E-state index contributed by atoms with van der Waals surface area (Å²) in [6.45, 7) is 5.92. The molecule has 0 spiro atoms. The molecular weight excluding hydrogens is 530 g/mol. The van der Waals surface area contributed by atoms with Crippen molar-refractivity contribution in [1.29, 1.82) is 0 Å². The van der Waals surface area contributed by atoms with E-state index < -0.39 is 16.1 Å². The van der Waals surface area contributed by atoms with E-state index in [1.165, 1.54) is 23.4 Å². The zero-order chi connectivity index (χ0) is 28.3. The van der Waals surface area contributed by atoms with Crippen LogP contribution >= 0.6 is 0 Å². The number of fused-ring (bicyclic) bond motifs is 1. The number of aromatic nitrogens is 3. The molecule has 0 saturated heterocycles. The summed E-state index contributed by atoms with van der Waals surface area (Å²) in [7, 11) is -3.45. The Bertz CT molecular complexity index is 1630. The van der Waals surface area contributed by atoms with E-state index in [2.05, 4.69) is 51.6 Å². The first-order valence-corrected chi connectivity index (χ1v) is 14.7. The molecule has 2 amide bonds. The first-order chi connectivity index (χ1) is 19.1. The maximum atomic E-state index is 12.9. The monoisotopic (exact) mass is 561 g/mol. The Hall–Kier alpha value is -4.42. The number of anilines is 3. The summed E-state index contributed by atoms with van der Waals surface area (Å²) in [5.74, 6) is 1.84. The van der Waals surface area contributed by atoms with Crippen LogP contribution in [0.4, 0.5) is 22.1 Å². The van der Waals surface area contributed by atoms with Gasteiger partial charge in [-0.3, -0.25) is 10.0 Å². The van der Waals surface area contributed by atoms with Gasteiger partial charge in [0, 0.05) is 30.6 Å². The number of nitrogens with zero attached hydrogens (tertiary/aromatic N) is 3. The van der Waals surface area contributed by atoms with Crippen molar-refractivity contribution in [3.63, 3.8) is 0 Å². The van der Waals surface area contributed by atoms with Crippen molar-refractivity contribution in [3.05, 3.63) is 83.7 Å². The van der Waals surface area contributed by atoms with Gasteiger partial charge in [0.15, 0.2) is 0 Å². The second kappa shape index (κ2) is 11.4. The van der Waals surface area contributed by atoms with Gasteiger partial charge in [0.25, 0.3) is 0 Å². The summed E-state index contributed by atoms with van der Waals surface area (Å²) < 4.78 is 32.8.